The molecule has 0 aromatic heterocycles. The number of nitrogens with zero attached hydrogens (tertiary/aromatic N) is 4. The molecule has 0 radical (unpaired) electrons. The Balaban J connectivity index is 1.22. The number of piperidine rings is 1. The predicted octanol–water partition coefficient (Wildman–Crippen LogP) is 2.44. The highest BCUT2D eigenvalue weighted by Crippen LogP contribution is 2.18. The molecule has 1 aromatic rings. The second kappa shape index (κ2) is 9.92. The summed E-state index contributed by atoms with van der Waals surface area (Å²) in [5.41, 5.74) is 2.05. The Morgan fingerprint density at radius 2 is 1.47 bits per heavy atom. The molecule has 2 amide bonds. The molecule has 30 heavy (non-hydrogen) atoms. The third-order valence-corrected chi connectivity index (χ3v) is 6.95. The van der Waals surface area contributed by atoms with Gasteiger partial charge in [-0.1, -0.05) is 12.1 Å². The quantitative estimate of drug-likeness (QED) is 0.745. The summed E-state index contributed by atoms with van der Waals surface area (Å²) < 4.78 is 0. The first-order valence-corrected chi connectivity index (χ1v) is 11.7. The van der Waals surface area contributed by atoms with Crippen LogP contribution in [0.1, 0.15) is 54.9 Å². The number of hydrogen-bond acceptors (Lipinski definition) is 4. The molecule has 3 saturated heterocycles. The summed E-state index contributed by atoms with van der Waals surface area (Å²) in [5, 5.41) is 0. The lowest BCUT2D eigenvalue weighted by Gasteiger charge is -2.38. The average molecular weight is 413 g/mol. The van der Waals surface area contributed by atoms with E-state index < -0.39 is 0 Å². The Bertz CT molecular complexity index is 721. The van der Waals surface area contributed by atoms with E-state index in [9.17, 15) is 9.59 Å². The van der Waals surface area contributed by atoms with E-state index in [0.29, 0.717) is 18.5 Å². The zero-order chi connectivity index (χ0) is 20.9. The molecule has 0 aliphatic carbocycles. The van der Waals surface area contributed by atoms with Gasteiger partial charge in [0.25, 0.3) is 5.91 Å². The zero-order valence-corrected chi connectivity index (χ0v) is 18.4. The van der Waals surface area contributed by atoms with E-state index in [-0.39, 0.29) is 5.91 Å². The number of benzene rings is 1. The number of rotatable bonds is 5. The first-order valence-electron chi connectivity index (χ1n) is 11.7. The predicted molar refractivity (Wildman–Crippen MR) is 118 cm³/mol. The molecule has 4 rings (SSSR count). The maximum Gasteiger partial charge on any atom is 0.253 e. The molecule has 164 valence electrons. The largest absolute Gasteiger partial charge is 0.339 e. The van der Waals surface area contributed by atoms with Crippen molar-refractivity contribution in [3.63, 3.8) is 0 Å². The minimum atomic E-state index is 0.167. The van der Waals surface area contributed by atoms with Crippen LogP contribution in [0.2, 0.25) is 0 Å². The summed E-state index contributed by atoms with van der Waals surface area (Å²) in [7, 11) is 0. The first kappa shape index (κ1) is 21.3. The summed E-state index contributed by atoms with van der Waals surface area (Å²) in [6.45, 7) is 10.2. The zero-order valence-electron chi connectivity index (χ0n) is 18.4. The monoisotopic (exact) mass is 412 g/mol. The summed E-state index contributed by atoms with van der Waals surface area (Å²) in [5.74, 6) is 0.467. The molecule has 3 aliphatic rings. The van der Waals surface area contributed by atoms with Gasteiger partial charge in [0, 0.05) is 64.0 Å². The molecule has 1 atom stereocenters. The first-order chi connectivity index (χ1) is 14.6. The van der Waals surface area contributed by atoms with Crippen molar-refractivity contribution in [1.82, 2.24) is 19.6 Å². The Kier molecular flexibility index (Phi) is 7.05. The minimum absolute atomic E-state index is 0.167. The fourth-order valence-electron chi connectivity index (χ4n) is 4.97. The molecule has 0 spiro atoms. The van der Waals surface area contributed by atoms with Gasteiger partial charge in [-0.25, -0.2) is 0 Å². The second-order valence-electron chi connectivity index (χ2n) is 9.18. The molecule has 6 heteroatoms. The van der Waals surface area contributed by atoms with E-state index in [4.69, 9.17) is 0 Å². The van der Waals surface area contributed by atoms with Gasteiger partial charge in [-0.05, 0) is 56.7 Å². The number of carbonyl (C=O) groups excluding carboxylic acids is 2. The number of piperazine rings is 1. The SMILES string of the molecule is CC1CCCCN1C(=O)CN1CCN(Cc2ccc(C(=O)N3CCCC3)cc2)CC1. The fourth-order valence-corrected chi connectivity index (χ4v) is 4.97. The van der Waals surface area contributed by atoms with Crippen LogP contribution in [0.3, 0.4) is 0 Å². The van der Waals surface area contributed by atoms with E-state index in [1.807, 2.05) is 17.0 Å². The van der Waals surface area contributed by atoms with Crippen molar-refractivity contribution in [2.75, 3.05) is 52.4 Å². The van der Waals surface area contributed by atoms with Crippen LogP contribution in [-0.2, 0) is 11.3 Å². The van der Waals surface area contributed by atoms with Gasteiger partial charge in [0.15, 0.2) is 0 Å². The Morgan fingerprint density at radius 1 is 0.833 bits per heavy atom. The van der Waals surface area contributed by atoms with Crippen LogP contribution in [0.15, 0.2) is 24.3 Å². The highest BCUT2D eigenvalue weighted by atomic mass is 16.2. The van der Waals surface area contributed by atoms with Crippen molar-refractivity contribution < 1.29 is 9.59 Å². The standard InChI is InChI=1S/C24H36N4O2/c1-20-6-2-3-13-28(20)23(29)19-26-16-14-25(15-17-26)18-21-7-9-22(10-8-21)24(30)27-11-4-5-12-27/h7-10,20H,2-6,11-19H2,1H3. The lowest BCUT2D eigenvalue weighted by molar-refractivity contribution is -0.136. The molecule has 3 heterocycles. The summed E-state index contributed by atoms with van der Waals surface area (Å²) >= 11 is 0. The van der Waals surface area contributed by atoms with Crippen molar-refractivity contribution in [2.45, 2.75) is 51.6 Å². The van der Waals surface area contributed by atoms with E-state index in [1.54, 1.807) is 0 Å². The van der Waals surface area contributed by atoms with Gasteiger partial charge in [-0.2, -0.15) is 0 Å². The Morgan fingerprint density at radius 3 is 2.13 bits per heavy atom. The van der Waals surface area contributed by atoms with Gasteiger partial charge in [0.2, 0.25) is 5.91 Å². The highest BCUT2D eigenvalue weighted by Gasteiger charge is 2.26. The highest BCUT2D eigenvalue weighted by molar-refractivity contribution is 5.94. The number of amides is 2. The van der Waals surface area contributed by atoms with Gasteiger partial charge >= 0.3 is 0 Å². The van der Waals surface area contributed by atoms with Crippen molar-refractivity contribution in [3.8, 4) is 0 Å². The molecule has 3 fully saturated rings. The second-order valence-corrected chi connectivity index (χ2v) is 9.18. The molecule has 1 unspecified atom stereocenters. The van der Waals surface area contributed by atoms with Crippen LogP contribution in [-0.4, -0.2) is 89.8 Å². The molecule has 1 aromatic carbocycles. The van der Waals surface area contributed by atoms with Crippen molar-refractivity contribution in [2.24, 2.45) is 0 Å². The normalized spacial score (nSPS) is 23.7. The average Bonchev–Trinajstić information content (AvgIpc) is 3.30. The summed E-state index contributed by atoms with van der Waals surface area (Å²) in [6.07, 6.45) is 5.78. The Hall–Kier alpha value is -1.92. The molecular weight excluding hydrogens is 376 g/mol. The van der Waals surface area contributed by atoms with Crippen molar-refractivity contribution >= 4 is 11.8 Å². The molecule has 0 bridgehead atoms. The molecular formula is C24H36N4O2. The summed E-state index contributed by atoms with van der Waals surface area (Å²) in [6, 6.07) is 8.54. The number of likely N-dealkylation sites (tertiary alicyclic amines) is 2. The van der Waals surface area contributed by atoms with Gasteiger partial charge in [-0.15, -0.1) is 0 Å². The minimum Gasteiger partial charge on any atom is -0.339 e. The molecule has 0 saturated carbocycles. The smallest absolute Gasteiger partial charge is 0.253 e. The number of hydrogen-bond donors (Lipinski definition) is 0. The van der Waals surface area contributed by atoms with Crippen LogP contribution in [0, 0.1) is 0 Å². The van der Waals surface area contributed by atoms with Crippen molar-refractivity contribution in [3.05, 3.63) is 35.4 Å². The third kappa shape index (κ3) is 5.22. The third-order valence-electron chi connectivity index (χ3n) is 6.95. The van der Waals surface area contributed by atoms with Gasteiger partial charge in [0.1, 0.15) is 0 Å². The maximum absolute atomic E-state index is 12.7. The van der Waals surface area contributed by atoms with Gasteiger partial charge < -0.3 is 9.80 Å². The Labute approximate surface area is 180 Å². The van der Waals surface area contributed by atoms with E-state index in [0.717, 1.165) is 83.6 Å². The van der Waals surface area contributed by atoms with Gasteiger partial charge in [-0.3, -0.25) is 19.4 Å². The number of carbonyl (C=O) groups is 2. The van der Waals surface area contributed by atoms with Crippen LogP contribution in [0.5, 0.6) is 0 Å². The van der Waals surface area contributed by atoms with E-state index in [1.165, 1.54) is 12.0 Å². The van der Waals surface area contributed by atoms with Gasteiger partial charge in [0.05, 0.1) is 6.54 Å². The lowest BCUT2D eigenvalue weighted by atomic mass is 10.0. The van der Waals surface area contributed by atoms with Crippen LogP contribution < -0.4 is 0 Å². The van der Waals surface area contributed by atoms with Crippen molar-refractivity contribution in [1.29, 1.82) is 0 Å². The fraction of sp³-hybridized carbons (Fsp3) is 0.667. The molecule has 3 aliphatic heterocycles. The molecule has 6 nitrogen and oxygen atoms in total. The van der Waals surface area contributed by atoms with E-state index in [2.05, 4.69) is 33.8 Å². The van der Waals surface area contributed by atoms with Crippen LogP contribution in [0.25, 0.3) is 0 Å². The molecule has 0 N–H and O–H groups in total. The van der Waals surface area contributed by atoms with Crippen LogP contribution in [0.4, 0.5) is 0 Å². The lowest BCUT2D eigenvalue weighted by Crippen LogP contribution is -2.51. The maximum atomic E-state index is 12.7. The van der Waals surface area contributed by atoms with Crippen LogP contribution >= 0.6 is 0 Å². The van der Waals surface area contributed by atoms with E-state index >= 15 is 0 Å². The summed E-state index contributed by atoms with van der Waals surface area (Å²) in [4.78, 5) is 33.9. The topological polar surface area (TPSA) is 47.1 Å².